The van der Waals surface area contributed by atoms with Crippen molar-refractivity contribution < 1.29 is 37.0 Å². The van der Waals surface area contributed by atoms with E-state index in [1.54, 1.807) is 7.11 Å². The maximum atomic E-state index is 10.8. The molecule has 2 rings (SSSR count). The first-order chi connectivity index (χ1) is 10.6. The number of methoxy groups -OCH3 is 1. The van der Waals surface area contributed by atoms with Crippen molar-refractivity contribution >= 4 is 11.9 Å². The first-order valence-corrected chi connectivity index (χ1v) is 6.42. The van der Waals surface area contributed by atoms with Crippen molar-refractivity contribution in [1.82, 2.24) is 10.3 Å². The first-order valence-electron chi connectivity index (χ1n) is 6.42. The number of halogens is 3. The molecule has 0 unspecified atom stereocenters. The van der Waals surface area contributed by atoms with Gasteiger partial charge < -0.3 is 25.3 Å². The van der Waals surface area contributed by atoms with E-state index in [4.69, 9.17) is 24.8 Å². The zero-order valence-corrected chi connectivity index (χ0v) is 12.1. The maximum Gasteiger partial charge on any atom is 0.490 e. The lowest BCUT2D eigenvalue weighted by molar-refractivity contribution is -0.192. The maximum absolute atomic E-state index is 10.8. The van der Waals surface area contributed by atoms with Gasteiger partial charge in [0.15, 0.2) is 0 Å². The zero-order valence-electron chi connectivity index (χ0n) is 12.1. The number of nitrogens with two attached hydrogens (primary N) is 1. The first kappa shape index (κ1) is 18.9. The Morgan fingerprint density at radius 2 is 2.17 bits per heavy atom. The number of carboxylic acid groups (broad SMARTS) is 1. The smallest absolute Gasteiger partial charge is 0.475 e. The van der Waals surface area contributed by atoms with Gasteiger partial charge in [-0.25, -0.2) is 9.78 Å². The van der Waals surface area contributed by atoms with Crippen molar-refractivity contribution in [2.75, 3.05) is 20.3 Å². The molecule has 1 fully saturated rings. The molecule has 11 heteroatoms. The number of primary amides is 1. The summed E-state index contributed by atoms with van der Waals surface area (Å²) < 4.78 is 41.8. The quantitative estimate of drug-likeness (QED) is 0.728. The molecule has 1 aromatic rings. The molecule has 0 radical (unpaired) electrons. The summed E-state index contributed by atoms with van der Waals surface area (Å²) >= 11 is 0. The molecule has 0 spiro atoms. The van der Waals surface area contributed by atoms with Crippen molar-refractivity contribution in [3.8, 4) is 0 Å². The van der Waals surface area contributed by atoms with E-state index in [0.29, 0.717) is 12.6 Å². The van der Waals surface area contributed by atoms with Crippen LogP contribution in [0.3, 0.4) is 0 Å². The highest BCUT2D eigenvalue weighted by molar-refractivity contribution is 5.87. The molecule has 0 saturated carbocycles. The SMILES string of the molecule is COC[C@@H]1C[C@@H](c2coc(C(N)=O)n2)CN1.O=C(O)C(F)(F)F. The van der Waals surface area contributed by atoms with Crippen LogP contribution in [-0.2, 0) is 9.53 Å². The van der Waals surface area contributed by atoms with Gasteiger partial charge in [0.2, 0.25) is 0 Å². The van der Waals surface area contributed by atoms with Crippen LogP contribution in [0.25, 0.3) is 0 Å². The number of aliphatic carboxylic acids is 1. The summed E-state index contributed by atoms with van der Waals surface area (Å²) in [6, 6.07) is 0.337. The fraction of sp³-hybridized carbons (Fsp3) is 0.583. The lowest BCUT2D eigenvalue weighted by atomic mass is 10.0. The third kappa shape index (κ3) is 5.87. The number of amides is 1. The van der Waals surface area contributed by atoms with Crippen molar-refractivity contribution in [3.63, 3.8) is 0 Å². The zero-order chi connectivity index (χ0) is 17.6. The van der Waals surface area contributed by atoms with Crippen LogP contribution in [0, 0.1) is 0 Å². The molecular weight excluding hydrogens is 323 g/mol. The molecule has 130 valence electrons. The van der Waals surface area contributed by atoms with Gasteiger partial charge in [-0.2, -0.15) is 13.2 Å². The Kier molecular flexibility index (Phi) is 6.51. The Balaban J connectivity index is 0.000000322. The average molecular weight is 339 g/mol. The van der Waals surface area contributed by atoms with E-state index in [9.17, 15) is 18.0 Å². The van der Waals surface area contributed by atoms with Crippen molar-refractivity contribution in [2.45, 2.75) is 24.6 Å². The van der Waals surface area contributed by atoms with Crippen molar-refractivity contribution in [2.24, 2.45) is 5.73 Å². The Labute approximate surface area is 128 Å². The number of oxazole rings is 1. The van der Waals surface area contributed by atoms with E-state index >= 15 is 0 Å². The number of hydrogen-bond donors (Lipinski definition) is 3. The van der Waals surface area contributed by atoms with Crippen LogP contribution in [0.5, 0.6) is 0 Å². The number of alkyl halides is 3. The van der Waals surface area contributed by atoms with E-state index < -0.39 is 18.1 Å². The van der Waals surface area contributed by atoms with Gasteiger partial charge in [-0.05, 0) is 6.42 Å². The second-order valence-corrected chi connectivity index (χ2v) is 4.74. The van der Waals surface area contributed by atoms with Gasteiger partial charge in [0.25, 0.3) is 5.89 Å². The van der Waals surface area contributed by atoms with Gasteiger partial charge in [-0.1, -0.05) is 0 Å². The number of aromatic nitrogens is 1. The van der Waals surface area contributed by atoms with Gasteiger partial charge in [-0.3, -0.25) is 4.79 Å². The number of ether oxygens (including phenoxy) is 1. The predicted molar refractivity (Wildman–Crippen MR) is 69.7 cm³/mol. The van der Waals surface area contributed by atoms with Gasteiger partial charge in [0.1, 0.15) is 6.26 Å². The summed E-state index contributed by atoms with van der Waals surface area (Å²) in [6.45, 7) is 1.50. The monoisotopic (exact) mass is 339 g/mol. The molecule has 1 aliphatic rings. The van der Waals surface area contributed by atoms with Gasteiger partial charge in [0, 0.05) is 25.6 Å². The highest BCUT2D eigenvalue weighted by atomic mass is 19.4. The largest absolute Gasteiger partial charge is 0.490 e. The number of carbonyl (C=O) groups excluding carboxylic acids is 1. The number of carbonyl (C=O) groups is 2. The third-order valence-electron chi connectivity index (χ3n) is 2.98. The van der Waals surface area contributed by atoms with Crippen LogP contribution in [0.15, 0.2) is 10.7 Å². The van der Waals surface area contributed by atoms with E-state index in [1.807, 2.05) is 0 Å². The fourth-order valence-corrected chi connectivity index (χ4v) is 1.96. The highest BCUT2D eigenvalue weighted by Crippen LogP contribution is 2.25. The van der Waals surface area contributed by atoms with Gasteiger partial charge >= 0.3 is 18.1 Å². The number of nitrogens with one attached hydrogen (secondary N) is 1. The summed E-state index contributed by atoms with van der Waals surface area (Å²) in [5.74, 6) is -3.15. The fourth-order valence-electron chi connectivity index (χ4n) is 1.96. The molecule has 2 heterocycles. The molecule has 8 nitrogen and oxygen atoms in total. The van der Waals surface area contributed by atoms with E-state index in [2.05, 4.69) is 10.3 Å². The molecule has 0 bridgehead atoms. The molecule has 1 aliphatic heterocycles. The number of hydrogen-bond acceptors (Lipinski definition) is 6. The van der Waals surface area contributed by atoms with Crippen molar-refractivity contribution in [1.29, 1.82) is 0 Å². The van der Waals surface area contributed by atoms with Crippen LogP contribution in [0.1, 0.15) is 28.7 Å². The molecular formula is C12H16F3N3O5. The molecule has 1 saturated heterocycles. The van der Waals surface area contributed by atoms with Gasteiger partial charge in [-0.15, -0.1) is 0 Å². The third-order valence-corrected chi connectivity index (χ3v) is 2.98. The van der Waals surface area contributed by atoms with Crippen LogP contribution >= 0.6 is 0 Å². The molecule has 0 aromatic carbocycles. The molecule has 1 aromatic heterocycles. The normalized spacial score (nSPS) is 20.7. The topological polar surface area (TPSA) is 128 Å². The molecule has 2 atom stereocenters. The van der Waals surface area contributed by atoms with Crippen molar-refractivity contribution in [3.05, 3.63) is 17.8 Å². The molecule has 4 N–H and O–H groups in total. The lowest BCUT2D eigenvalue weighted by Gasteiger charge is -2.07. The molecule has 0 aliphatic carbocycles. The van der Waals surface area contributed by atoms with Gasteiger partial charge in [0.05, 0.1) is 12.3 Å². The summed E-state index contributed by atoms with van der Waals surface area (Å²) in [5, 5.41) is 10.4. The number of rotatable bonds is 4. The Morgan fingerprint density at radius 3 is 2.61 bits per heavy atom. The second-order valence-electron chi connectivity index (χ2n) is 4.74. The van der Waals surface area contributed by atoms with E-state index in [0.717, 1.165) is 18.7 Å². The summed E-state index contributed by atoms with van der Waals surface area (Å²) in [7, 11) is 1.68. The lowest BCUT2D eigenvalue weighted by Crippen LogP contribution is -2.25. The molecule has 1 amide bonds. The van der Waals surface area contributed by atoms with Crippen LogP contribution in [0.4, 0.5) is 13.2 Å². The Morgan fingerprint density at radius 1 is 1.57 bits per heavy atom. The summed E-state index contributed by atoms with van der Waals surface area (Å²) in [6.07, 6.45) is -2.65. The second kappa shape index (κ2) is 7.92. The van der Waals surface area contributed by atoms with Crippen LogP contribution < -0.4 is 11.1 Å². The Hall–Kier alpha value is -2.14. The number of carboxylic acids is 1. The van der Waals surface area contributed by atoms with Crippen LogP contribution in [0.2, 0.25) is 0 Å². The minimum absolute atomic E-state index is 0.0230. The average Bonchev–Trinajstić information content (AvgIpc) is 3.06. The van der Waals surface area contributed by atoms with E-state index in [-0.39, 0.29) is 11.8 Å². The summed E-state index contributed by atoms with van der Waals surface area (Å²) in [4.78, 5) is 23.8. The number of nitrogens with zero attached hydrogens (tertiary/aromatic N) is 1. The molecule has 23 heavy (non-hydrogen) atoms. The minimum Gasteiger partial charge on any atom is -0.475 e. The van der Waals surface area contributed by atoms with E-state index in [1.165, 1.54) is 6.26 Å². The predicted octanol–water partition coefficient (Wildman–Crippen LogP) is 0.499. The Bertz CT molecular complexity index is 546. The standard InChI is InChI=1S/C10H15N3O3.C2HF3O2/c1-15-4-7-2-6(3-12-7)8-5-16-10(13-8)9(11)14;3-2(4,5)1(6)7/h5-7,12H,2-4H2,1H3,(H2,11,14);(H,6,7)/t6-,7+;/m1./s1. The van der Waals surface area contributed by atoms with Crippen LogP contribution in [-0.4, -0.2) is 54.4 Å². The highest BCUT2D eigenvalue weighted by Gasteiger charge is 2.38. The minimum atomic E-state index is -5.08. The summed E-state index contributed by atoms with van der Waals surface area (Å²) in [5.41, 5.74) is 5.85.